The fourth-order valence-electron chi connectivity index (χ4n) is 3.72. The molecule has 2 nitrogen and oxygen atoms in total. The Bertz CT molecular complexity index is 508. The molecule has 2 bridgehead atoms. The highest BCUT2D eigenvalue weighted by Gasteiger charge is 2.37. The van der Waals surface area contributed by atoms with Gasteiger partial charge < -0.3 is 5.32 Å². The van der Waals surface area contributed by atoms with Crippen LogP contribution in [0.5, 0.6) is 0 Å². The van der Waals surface area contributed by atoms with E-state index in [0.29, 0.717) is 17.9 Å². The van der Waals surface area contributed by atoms with Crippen LogP contribution in [-0.4, -0.2) is 17.9 Å². The van der Waals surface area contributed by atoms with Crippen molar-refractivity contribution in [3.8, 4) is 0 Å². The summed E-state index contributed by atoms with van der Waals surface area (Å²) in [6, 6.07) is 5.41. The van der Waals surface area contributed by atoms with Crippen LogP contribution in [0, 0.1) is 26.7 Å². The summed E-state index contributed by atoms with van der Waals surface area (Å²) >= 11 is 0. The molecule has 2 aliphatic heterocycles. The zero-order valence-corrected chi connectivity index (χ0v) is 12.1. The maximum absolute atomic E-state index is 12.8. The van der Waals surface area contributed by atoms with Crippen LogP contribution in [0.2, 0.25) is 0 Å². The molecule has 2 fully saturated rings. The number of carbonyl (C=O) groups is 1. The van der Waals surface area contributed by atoms with Gasteiger partial charge in [0, 0.05) is 23.6 Å². The number of piperidine rings is 1. The van der Waals surface area contributed by atoms with Gasteiger partial charge in [0.1, 0.15) is 0 Å². The number of nitrogens with one attached hydrogen (secondary N) is 1. The Morgan fingerprint density at radius 3 is 2.21 bits per heavy atom. The lowest BCUT2D eigenvalue weighted by molar-refractivity contribution is 0.0875. The fourth-order valence-corrected chi connectivity index (χ4v) is 3.72. The highest BCUT2D eigenvalue weighted by atomic mass is 16.1. The summed E-state index contributed by atoms with van der Waals surface area (Å²) in [7, 11) is 0. The van der Waals surface area contributed by atoms with Gasteiger partial charge in [-0.1, -0.05) is 6.07 Å². The van der Waals surface area contributed by atoms with E-state index in [9.17, 15) is 4.79 Å². The predicted molar refractivity (Wildman–Crippen MR) is 77.7 cm³/mol. The van der Waals surface area contributed by atoms with Crippen molar-refractivity contribution in [2.75, 3.05) is 0 Å². The van der Waals surface area contributed by atoms with Crippen molar-refractivity contribution in [2.24, 2.45) is 5.92 Å². The molecule has 0 radical (unpaired) electrons. The number of carbonyl (C=O) groups excluding carboxylic acids is 1. The van der Waals surface area contributed by atoms with E-state index in [1.54, 1.807) is 0 Å². The quantitative estimate of drug-likeness (QED) is 0.823. The van der Waals surface area contributed by atoms with E-state index >= 15 is 0 Å². The summed E-state index contributed by atoms with van der Waals surface area (Å²) in [5.74, 6) is 0.610. The SMILES string of the molecule is Cc1cc(C)c(C(=O)C2CC3CCC(C2)N3)cc1C. The van der Waals surface area contributed by atoms with Crippen molar-refractivity contribution < 1.29 is 4.79 Å². The van der Waals surface area contributed by atoms with E-state index in [1.807, 2.05) is 0 Å². The summed E-state index contributed by atoms with van der Waals surface area (Å²) in [6.45, 7) is 6.27. The number of aryl methyl sites for hydroxylation is 3. The van der Waals surface area contributed by atoms with Crippen molar-refractivity contribution >= 4 is 5.78 Å². The van der Waals surface area contributed by atoms with Gasteiger partial charge in [0.15, 0.2) is 5.78 Å². The van der Waals surface area contributed by atoms with Crippen LogP contribution < -0.4 is 5.32 Å². The van der Waals surface area contributed by atoms with Crippen LogP contribution >= 0.6 is 0 Å². The minimum absolute atomic E-state index is 0.236. The maximum Gasteiger partial charge on any atom is 0.166 e. The van der Waals surface area contributed by atoms with E-state index in [4.69, 9.17) is 0 Å². The summed E-state index contributed by atoms with van der Waals surface area (Å²) < 4.78 is 0. The first-order chi connectivity index (χ1) is 9.04. The Kier molecular flexibility index (Phi) is 3.22. The number of hydrogen-bond donors (Lipinski definition) is 1. The number of fused-ring (bicyclic) bond motifs is 2. The molecule has 19 heavy (non-hydrogen) atoms. The molecule has 1 aromatic carbocycles. The van der Waals surface area contributed by atoms with Gasteiger partial charge in [0.25, 0.3) is 0 Å². The van der Waals surface area contributed by atoms with Crippen LogP contribution in [-0.2, 0) is 0 Å². The molecular weight excluding hydrogens is 234 g/mol. The monoisotopic (exact) mass is 257 g/mol. The molecule has 1 aromatic rings. The molecule has 2 saturated heterocycles. The minimum Gasteiger partial charge on any atom is -0.311 e. The molecule has 2 heterocycles. The third-order valence-corrected chi connectivity index (χ3v) is 4.95. The van der Waals surface area contributed by atoms with Crippen molar-refractivity contribution in [3.05, 3.63) is 34.4 Å². The first-order valence-corrected chi connectivity index (χ1v) is 7.42. The normalized spacial score (nSPS) is 29.5. The third kappa shape index (κ3) is 2.34. The molecule has 1 N–H and O–H groups in total. The molecule has 2 atom stereocenters. The average molecular weight is 257 g/mol. The highest BCUT2D eigenvalue weighted by Crippen LogP contribution is 2.33. The Labute approximate surface area is 115 Å². The average Bonchev–Trinajstić information content (AvgIpc) is 2.72. The Balaban J connectivity index is 1.86. The van der Waals surface area contributed by atoms with E-state index in [-0.39, 0.29) is 5.92 Å². The molecule has 3 rings (SSSR count). The van der Waals surface area contributed by atoms with Gasteiger partial charge in [-0.25, -0.2) is 0 Å². The predicted octanol–water partition coefficient (Wildman–Crippen LogP) is 3.33. The summed E-state index contributed by atoms with van der Waals surface area (Å²) in [6.07, 6.45) is 4.56. The van der Waals surface area contributed by atoms with Gasteiger partial charge in [0.2, 0.25) is 0 Å². The second kappa shape index (κ2) is 4.75. The lowest BCUT2D eigenvalue weighted by Gasteiger charge is -2.28. The van der Waals surface area contributed by atoms with Gasteiger partial charge in [-0.3, -0.25) is 4.79 Å². The first-order valence-electron chi connectivity index (χ1n) is 7.42. The summed E-state index contributed by atoms with van der Waals surface area (Å²) in [5.41, 5.74) is 4.60. The molecule has 2 unspecified atom stereocenters. The first kappa shape index (κ1) is 12.9. The van der Waals surface area contributed by atoms with Gasteiger partial charge in [0.05, 0.1) is 0 Å². The molecule has 102 valence electrons. The number of benzene rings is 1. The van der Waals surface area contributed by atoms with Crippen LogP contribution in [0.25, 0.3) is 0 Å². The Morgan fingerprint density at radius 1 is 1.00 bits per heavy atom. The Hall–Kier alpha value is -1.15. The molecule has 0 aliphatic carbocycles. The van der Waals surface area contributed by atoms with Crippen LogP contribution in [0.4, 0.5) is 0 Å². The van der Waals surface area contributed by atoms with E-state index < -0.39 is 0 Å². The van der Waals surface area contributed by atoms with Crippen LogP contribution in [0.3, 0.4) is 0 Å². The van der Waals surface area contributed by atoms with Crippen molar-refractivity contribution in [1.82, 2.24) is 5.32 Å². The second-order valence-electron chi connectivity index (χ2n) is 6.42. The standard InChI is InChI=1S/C17H23NO/c1-10-6-12(3)16(7-11(10)2)17(19)13-8-14-4-5-15(9-13)18-14/h6-7,13-15,18H,4-5,8-9H2,1-3H3. The lowest BCUT2D eigenvalue weighted by Crippen LogP contribution is -2.40. The Morgan fingerprint density at radius 2 is 1.58 bits per heavy atom. The van der Waals surface area contributed by atoms with E-state index in [1.165, 1.54) is 24.0 Å². The number of rotatable bonds is 2. The van der Waals surface area contributed by atoms with Crippen molar-refractivity contribution in [1.29, 1.82) is 0 Å². The number of ketones is 1. The van der Waals surface area contributed by atoms with E-state index in [0.717, 1.165) is 24.0 Å². The van der Waals surface area contributed by atoms with Crippen LogP contribution in [0.15, 0.2) is 12.1 Å². The molecular formula is C17H23NO. The lowest BCUT2D eigenvalue weighted by atomic mass is 9.84. The van der Waals surface area contributed by atoms with Gasteiger partial charge in [-0.05, 0) is 69.2 Å². The van der Waals surface area contributed by atoms with Gasteiger partial charge >= 0.3 is 0 Å². The fraction of sp³-hybridized carbons (Fsp3) is 0.588. The van der Waals surface area contributed by atoms with Crippen LogP contribution in [0.1, 0.15) is 52.7 Å². The largest absolute Gasteiger partial charge is 0.311 e. The number of Topliss-reactive ketones (excluding diaryl/α,β-unsaturated/α-hetero) is 1. The topological polar surface area (TPSA) is 29.1 Å². The summed E-state index contributed by atoms with van der Waals surface area (Å²) in [4.78, 5) is 12.8. The molecule has 0 amide bonds. The second-order valence-corrected chi connectivity index (χ2v) is 6.42. The molecule has 0 spiro atoms. The molecule has 2 aliphatic rings. The van der Waals surface area contributed by atoms with Crippen molar-refractivity contribution in [3.63, 3.8) is 0 Å². The zero-order chi connectivity index (χ0) is 13.6. The molecule has 2 heteroatoms. The minimum atomic E-state index is 0.236. The highest BCUT2D eigenvalue weighted by molar-refractivity contribution is 5.99. The van der Waals surface area contributed by atoms with E-state index in [2.05, 4.69) is 38.2 Å². The van der Waals surface area contributed by atoms with Gasteiger partial charge in [-0.2, -0.15) is 0 Å². The van der Waals surface area contributed by atoms with Crippen molar-refractivity contribution in [2.45, 2.75) is 58.5 Å². The zero-order valence-electron chi connectivity index (χ0n) is 12.1. The third-order valence-electron chi connectivity index (χ3n) is 4.95. The maximum atomic E-state index is 12.8. The smallest absolute Gasteiger partial charge is 0.166 e. The number of hydrogen-bond acceptors (Lipinski definition) is 2. The molecule has 0 saturated carbocycles. The molecule has 0 aromatic heterocycles. The van der Waals surface area contributed by atoms with Gasteiger partial charge in [-0.15, -0.1) is 0 Å². The summed E-state index contributed by atoms with van der Waals surface area (Å²) in [5, 5.41) is 3.61.